The van der Waals surface area contributed by atoms with Crippen LogP contribution >= 0.6 is 0 Å². The van der Waals surface area contributed by atoms with Crippen molar-refractivity contribution in [2.45, 2.75) is 46.1 Å². The van der Waals surface area contributed by atoms with Gasteiger partial charge in [0.15, 0.2) is 0 Å². The van der Waals surface area contributed by atoms with E-state index in [0.29, 0.717) is 56.9 Å². The zero-order chi connectivity index (χ0) is 21.0. The van der Waals surface area contributed by atoms with E-state index in [1.165, 1.54) is 6.07 Å². The number of benzene rings is 1. The largest absolute Gasteiger partial charge is 0.355 e. The lowest BCUT2D eigenvalue weighted by Crippen LogP contribution is -2.43. The monoisotopic (exact) mass is 403 g/mol. The molecule has 2 atom stereocenters. The summed E-state index contributed by atoms with van der Waals surface area (Å²) in [4.78, 5) is 38.3. The Morgan fingerprint density at radius 2 is 1.83 bits per heavy atom. The molecule has 7 heteroatoms. The molecule has 0 aromatic heterocycles. The van der Waals surface area contributed by atoms with Gasteiger partial charge in [0, 0.05) is 44.4 Å². The van der Waals surface area contributed by atoms with Crippen LogP contribution < -0.4 is 10.6 Å². The van der Waals surface area contributed by atoms with Gasteiger partial charge in [0.1, 0.15) is 5.82 Å². The van der Waals surface area contributed by atoms with Crippen molar-refractivity contribution < 1.29 is 18.8 Å². The minimum absolute atomic E-state index is 0.0168. The molecule has 1 aromatic carbocycles. The van der Waals surface area contributed by atoms with Gasteiger partial charge in [-0.2, -0.15) is 0 Å². The third kappa shape index (κ3) is 5.78. The van der Waals surface area contributed by atoms with E-state index in [9.17, 15) is 18.8 Å². The van der Waals surface area contributed by atoms with Crippen LogP contribution in [0.4, 0.5) is 4.39 Å². The van der Waals surface area contributed by atoms with Gasteiger partial charge in [0.25, 0.3) is 0 Å². The molecule has 2 aliphatic rings. The molecule has 1 saturated carbocycles. The summed E-state index contributed by atoms with van der Waals surface area (Å²) in [5, 5.41) is 5.70. The Labute approximate surface area is 171 Å². The van der Waals surface area contributed by atoms with E-state index < -0.39 is 0 Å². The van der Waals surface area contributed by atoms with Crippen LogP contribution in [0.25, 0.3) is 0 Å². The van der Waals surface area contributed by atoms with Gasteiger partial charge in [-0.15, -0.1) is 0 Å². The van der Waals surface area contributed by atoms with E-state index in [1.54, 1.807) is 17.9 Å². The van der Waals surface area contributed by atoms with Crippen molar-refractivity contribution in [3.05, 3.63) is 35.1 Å². The number of nitrogens with one attached hydrogen (secondary N) is 2. The Hall–Kier alpha value is -2.44. The molecule has 1 heterocycles. The first-order valence-electron chi connectivity index (χ1n) is 10.4. The molecule has 1 aliphatic heterocycles. The minimum atomic E-state index is -0.272. The average Bonchev–Trinajstić information content (AvgIpc) is 3.45. The van der Waals surface area contributed by atoms with Gasteiger partial charge in [-0.3, -0.25) is 14.4 Å². The maximum Gasteiger partial charge on any atom is 0.224 e. The molecule has 3 rings (SSSR count). The predicted octanol–water partition coefficient (Wildman–Crippen LogP) is 2.15. The van der Waals surface area contributed by atoms with Crippen molar-refractivity contribution in [1.29, 1.82) is 0 Å². The zero-order valence-corrected chi connectivity index (χ0v) is 17.2. The van der Waals surface area contributed by atoms with Gasteiger partial charge in [-0.1, -0.05) is 19.1 Å². The lowest BCUT2D eigenvalue weighted by Gasteiger charge is -2.31. The quantitative estimate of drug-likeness (QED) is 0.732. The van der Waals surface area contributed by atoms with Crippen LogP contribution in [0.3, 0.4) is 0 Å². The summed E-state index contributed by atoms with van der Waals surface area (Å²) < 4.78 is 13.6. The number of hydrogen-bond acceptors (Lipinski definition) is 3. The lowest BCUT2D eigenvalue weighted by atomic mass is 9.95. The van der Waals surface area contributed by atoms with Crippen molar-refractivity contribution >= 4 is 17.7 Å². The van der Waals surface area contributed by atoms with E-state index in [4.69, 9.17) is 0 Å². The molecule has 0 bridgehead atoms. The maximum absolute atomic E-state index is 13.6. The van der Waals surface area contributed by atoms with Crippen LogP contribution in [0.2, 0.25) is 0 Å². The molecule has 29 heavy (non-hydrogen) atoms. The highest BCUT2D eigenvalue weighted by atomic mass is 19.1. The Morgan fingerprint density at radius 3 is 2.45 bits per heavy atom. The van der Waals surface area contributed by atoms with Crippen LogP contribution in [0.5, 0.6) is 0 Å². The number of aryl methyl sites for hydroxylation is 1. The van der Waals surface area contributed by atoms with Crippen LogP contribution in [0.15, 0.2) is 18.2 Å². The first-order chi connectivity index (χ1) is 13.8. The van der Waals surface area contributed by atoms with Gasteiger partial charge >= 0.3 is 0 Å². The van der Waals surface area contributed by atoms with Crippen LogP contribution in [-0.4, -0.2) is 42.3 Å². The third-order valence-corrected chi connectivity index (χ3v) is 6.01. The van der Waals surface area contributed by atoms with Gasteiger partial charge in [-0.25, -0.2) is 4.39 Å². The number of carbonyl (C=O) groups is 3. The fraction of sp³-hybridized carbons (Fsp3) is 0.591. The summed E-state index contributed by atoms with van der Waals surface area (Å²) in [6, 6.07) is 4.96. The van der Waals surface area contributed by atoms with E-state index in [-0.39, 0.29) is 35.4 Å². The molecule has 3 amide bonds. The normalized spacial score (nSPS) is 21.6. The highest BCUT2D eigenvalue weighted by molar-refractivity contribution is 5.83. The molecule has 6 nitrogen and oxygen atoms in total. The summed E-state index contributed by atoms with van der Waals surface area (Å²) >= 11 is 0. The molecule has 0 radical (unpaired) electrons. The Kier molecular flexibility index (Phi) is 6.87. The first kappa shape index (κ1) is 21.3. The molecule has 1 saturated heterocycles. The second-order valence-corrected chi connectivity index (χ2v) is 8.32. The van der Waals surface area contributed by atoms with Crippen molar-refractivity contribution in [2.75, 3.05) is 19.6 Å². The first-order valence-corrected chi connectivity index (χ1v) is 10.4. The number of carbonyl (C=O) groups excluding carboxylic acids is 3. The number of rotatable bonds is 7. The Balaban J connectivity index is 1.34. The van der Waals surface area contributed by atoms with E-state index in [2.05, 4.69) is 17.6 Å². The highest BCUT2D eigenvalue weighted by Gasteiger charge is 2.38. The van der Waals surface area contributed by atoms with E-state index >= 15 is 0 Å². The Morgan fingerprint density at radius 1 is 1.14 bits per heavy atom. The zero-order valence-electron chi connectivity index (χ0n) is 17.2. The average molecular weight is 403 g/mol. The highest BCUT2D eigenvalue weighted by Crippen LogP contribution is 2.37. The second-order valence-electron chi connectivity index (χ2n) is 8.32. The van der Waals surface area contributed by atoms with Crippen molar-refractivity contribution in [1.82, 2.24) is 15.5 Å². The number of hydrogen-bond donors (Lipinski definition) is 2. The van der Waals surface area contributed by atoms with Crippen LogP contribution in [0.1, 0.15) is 43.7 Å². The molecule has 1 aliphatic carbocycles. The number of piperidine rings is 1. The number of halogens is 1. The fourth-order valence-corrected chi connectivity index (χ4v) is 3.74. The van der Waals surface area contributed by atoms with Crippen molar-refractivity contribution in [2.24, 2.45) is 17.8 Å². The fourth-order valence-electron chi connectivity index (χ4n) is 3.74. The van der Waals surface area contributed by atoms with E-state index in [1.807, 2.05) is 6.07 Å². The van der Waals surface area contributed by atoms with Crippen molar-refractivity contribution in [3.63, 3.8) is 0 Å². The Bertz CT molecular complexity index is 775. The molecular formula is C22H30FN3O3. The number of amides is 3. The van der Waals surface area contributed by atoms with Gasteiger partial charge in [0.05, 0.1) is 0 Å². The molecular weight excluding hydrogens is 373 g/mol. The molecule has 2 fully saturated rings. The van der Waals surface area contributed by atoms with Crippen LogP contribution in [0, 0.1) is 30.5 Å². The predicted molar refractivity (Wildman–Crippen MR) is 107 cm³/mol. The van der Waals surface area contributed by atoms with Gasteiger partial charge < -0.3 is 15.5 Å². The molecule has 1 aromatic rings. The second kappa shape index (κ2) is 9.37. The molecule has 2 N–H and O–H groups in total. The van der Waals surface area contributed by atoms with Crippen molar-refractivity contribution in [3.8, 4) is 0 Å². The number of likely N-dealkylation sites (tertiary alicyclic amines) is 1. The summed E-state index contributed by atoms with van der Waals surface area (Å²) in [7, 11) is 0. The van der Waals surface area contributed by atoms with Gasteiger partial charge in [0.2, 0.25) is 17.7 Å². The summed E-state index contributed by atoms with van der Waals surface area (Å²) in [6.45, 7) is 5.51. The third-order valence-electron chi connectivity index (χ3n) is 6.01. The summed E-state index contributed by atoms with van der Waals surface area (Å²) in [5.74, 6) is 0.189. The SMILES string of the molecule is Cc1ccc(CNC(=O)C2CCN(C(=O)CCNC(=O)[C@@H]3C[C@H]3C)CC2)cc1F. The minimum Gasteiger partial charge on any atom is -0.355 e. The van der Waals surface area contributed by atoms with E-state index in [0.717, 1.165) is 12.0 Å². The number of nitrogens with zero attached hydrogens (tertiary/aromatic N) is 1. The maximum atomic E-state index is 13.6. The topological polar surface area (TPSA) is 78.5 Å². The summed E-state index contributed by atoms with van der Waals surface area (Å²) in [6.07, 6.45) is 2.47. The molecule has 0 unspecified atom stereocenters. The van der Waals surface area contributed by atoms with Crippen LogP contribution in [-0.2, 0) is 20.9 Å². The van der Waals surface area contributed by atoms with Gasteiger partial charge in [-0.05, 0) is 49.3 Å². The molecule has 0 spiro atoms. The summed E-state index contributed by atoms with van der Waals surface area (Å²) in [5.41, 5.74) is 1.32. The standard InChI is InChI=1S/C22H30FN3O3/c1-14-3-4-16(12-19(14)23)13-25-21(28)17-6-9-26(10-7-17)20(27)5-8-24-22(29)18-11-15(18)2/h3-4,12,15,17-18H,5-11,13H2,1-2H3,(H,24,29)(H,25,28)/t15-,18-/m1/s1. The lowest BCUT2D eigenvalue weighted by molar-refractivity contribution is -0.135. The smallest absolute Gasteiger partial charge is 0.224 e. The molecule has 158 valence electrons.